The molecule has 126 valence electrons. The second kappa shape index (κ2) is 7.44. The van der Waals surface area contributed by atoms with Gasteiger partial charge in [0.25, 0.3) is 0 Å². The summed E-state index contributed by atoms with van der Waals surface area (Å²) in [5.41, 5.74) is 2.62. The van der Waals surface area contributed by atoms with Crippen molar-refractivity contribution in [3.05, 3.63) is 34.7 Å². The van der Waals surface area contributed by atoms with Gasteiger partial charge >= 0.3 is 6.03 Å². The molecule has 1 aromatic heterocycles. The van der Waals surface area contributed by atoms with Gasteiger partial charge in [0.15, 0.2) is 0 Å². The fourth-order valence-electron chi connectivity index (χ4n) is 2.62. The topological polar surface area (TPSA) is 83.1 Å². The van der Waals surface area contributed by atoms with E-state index < -0.39 is 6.04 Å². The number of aryl methyl sites for hydroxylation is 1. The molecule has 0 aliphatic carbocycles. The second-order valence-electron chi connectivity index (χ2n) is 5.77. The van der Waals surface area contributed by atoms with Gasteiger partial charge in [0.1, 0.15) is 6.04 Å². The molecule has 3 amide bonds. The normalized spacial score (nSPS) is 17.7. The highest BCUT2D eigenvalue weighted by Crippen LogP contribution is 2.23. The number of hydrogen-bond donors (Lipinski definition) is 3. The van der Waals surface area contributed by atoms with Crippen LogP contribution in [-0.2, 0) is 4.79 Å². The van der Waals surface area contributed by atoms with Crippen LogP contribution < -0.4 is 16.0 Å². The summed E-state index contributed by atoms with van der Waals surface area (Å²) in [6.07, 6.45) is 2.54. The van der Waals surface area contributed by atoms with Gasteiger partial charge in [-0.05, 0) is 38.3 Å². The number of carbonyl (C=O) groups is 2. The van der Waals surface area contributed by atoms with E-state index in [0.29, 0.717) is 18.7 Å². The third-order valence-corrected chi connectivity index (χ3v) is 4.67. The third-order valence-electron chi connectivity index (χ3n) is 3.90. The number of anilines is 1. The zero-order chi connectivity index (χ0) is 16.9. The second-order valence-corrected chi connectivity index (χ2v) is 6.83. The smallest absolute Gasteiger partial charge is 0.319 e. The number of amides is 3. The number of rotatable bonds is 3. The minimum atomic E-state index is -0.468. The lowest BCUT2D eigenvalue weighted by Crippen LogP contribution is -2.46. The van der Waals surface area contributed by atoms with Gasteiger partial charge in [-0.15, -0.1) is 11.3 Å². The Morgan fingerprint density at radius 1 is 1.29 bits per heavy atom. The van der Waals surface area contributed by atoms with E-state index in [4.69, 9.17) is 0 Å². The minimum Gasteiger partial charge on any atom is -0.354 e. The molecule has 0 saturated carbocycles. The molecule has 1 fully saturated rings. The van der Waals surface area contributed by atoms with Crippen molar-refractivity contribution < 1.29 is 9.59 Å². The molecule has 0 bridgehead atoms. The van der Waals surface area contributed by atoms with Crippen LogP contribution in [-0.4, -0.2) is 29.5 Å². The molecule has 0 radical (unpaired) electrons. The largest absolute Gasteiger partial charge is 0.354 e. The van der Waals surface area contributed by atoms with Crippen LogP contribution in [0, 0.1) is 6.92 Å². The standard InChI is InChI=1S/C17H20N4O2S/c1-11-19-15(10-24-11)12-5-7-13(8-6-12)20-17(23)21-14-4-2-3-9-18-16(14)22/h5-8,10,14H,2-4,9H2,1H3,(H,18,22)(H2,20,21,23). The SMILES string of the molecule is Cc1nc(-c2ccc(NC(=O)NC3CCCCNC3=O)cc2)cs1. The van der Waals surface area contributed by atoms with Crippen LogP contribution >= 0.6 is 11.3 Å². The predicted molar refractivity (Wildman–Crippen MR) is 95.1 cm³/mol. The zero-order valence-electron chi connectivity index (χ0n) is 13.5. The summed E-state index contributed by atoms with van der Waals surface area (Å²) in [4.78, 5) is 28.4. The fraction of sp³-hybridized carbons (Fsp3) is 0.353. The molecule has 2 aromatic rings. The van der Waals surface area contributed by atoms with E-state index in [9.17, 15) is 9.59 Å². The number of hydrogen-bond acceptors (Lipinski definition) is 4. The fourth-order valence-corrected chi connectivity index (χ4v) is 3.24. The molecule has 0 spiro atoms. The first-order valence-electron chi connectivity index (χ1n) is 7.99. The Morgan fingerprint density at radius 2 is 2.08 bits per heavy atom. The Bertz CT molecular complexity index is 726. The molecule has 1 aliphatic rings. The van der Waals surface area contributed by atoms with Crippen LogP contribution in [0.4, 0.5) is 10.5 Å². The first-order chi connectivity index (χ1) is 11.6. The third kappa shape index (κ3) is 4.11. The first-order valence-corrected chi connectivity index (χ1v) is 8.87. The number of carbonyl (C=O) groups excluding carboxylic acids is 2. The van der Waals surface area contributed by atoms with Crippen molar-refractivity contribution in [3.63, 3.8) is 0 Å². The summed E-state index contributed by atoms with van der Waals surface area (Å²) < 4.78 is 0. The van der Waals surface area contributed by atoms with Gasteiger partial charge in [-0.1, -0.05) is 12.1 Å². The molecule has 6 nitrogen and oxygen atoms in total. The molecule has 1 aromatic carbocycles. The number of nitrogens with one attached hydrogen (secondary N) is 3. The number of aromatic nitrogens is 1. The van der Waals surface area contributed by atoms with Crippen molar-refractivity contribution in [3.8, 4) is 11.3 Å². The zero-order valence-corrected chi connectivity index (χ0v) is 14.3. The van der Waals surface area contributed by atoms with E-state index >= 15 is 0 Å². The predicted octanol–water partition coefficient (Wildman–Crippen LogP) is 2.91. The highest BCUT2D eigenvalue weighted by Gasteiger charge is 2.22. The van der Waals surface area contributed by atoms with Gasteiger partial charge in [-0.25, -0.2) is 9.78 Å². The molecule has 2 heterocycles. The van der Waals surface area contributed by atoms with Crippen LogP contribution in [0.1, 0.15) is 24.3 Å². The maximum absolute atomic E-state index is 12.1. The number of urea groups is 1. The van der Waals surface area contributed by atoms with E-state index in [2.05, 4.69) is 20.9 Å². The quantitative estimate of drug-likeness (QED) is 0.800. The van der Waals surface area contributed by atoms with Gasteiger partial charge < -0.3 is 16.0 Å². The first kappa shape index (κ1) is 16.4. The van der Waals surface area contributed by atoms with Crippen molar-refractivity contribution >= 4 is 29.0 Å². The summed E-state index contributed by atoms with van der Waals surface area (Å²) in [5, 5.41) is 11.3. The highest BCUT2D eigenvalue weighted by atomic mass is 32.1. The van der Waals surface area contributed by atoms with Crippen LogP contribution in [0.25, 0.3) is 11.3 Å². The van der Waals surface area contributed by atoms with Crippen molar-refractivity contribution in [2.45, 2.75) is 32.2 Å². The van der Waals surface area contributed by atoms with E-state index in [-0.39, 0.29) is 11.9 Å². The maximum atomic E-state index is 12.1. The molecule has 1 unspecified atom stereocenters. The lowest BCUT2D eigenvalue weighted by atomic mass is 10.1. The summed E-state index contributed by atoms with van der Waals surface area (Å²) >= 11 is 1.61. The molecule has 3 rings (SSSR count). The Balaban J connectivity index is 1.59. The van der Waals surface area contributed by atoms with Crippen LogP contribution in [0.2, 0.25) is 0 Å². The molecule has 1 aliphatic heterocycles. The summed E-state index contributed by atoms with van der Waals surface area (Å²) in [7, 11) is 0. The maximum Gasteiger partial charge on any atom is 0.319 e. The van der Waals surface area contributed by atoms with Gasteiger partial charge in [-0.3, -0.25) is 4.79 Å². The van der Waals surface area contributed by atoms with Crippen molar-refractivity contribution in [2.75, 3.05) is 11.9 Å². The highest BCUT2D eigenvalue weighted by molar-refractivity contribution is 7.09. The molecular formula is C17H20N4O2S. The molecule has 7 heteroatoms. The van der Waals surface area contributed by atoms with Crippen LogP contribution in [0.5, 0.6) is 0 Å². The average molecular weight is 344 g/mol. The van der Waals surface area contributed by atoms with Gasteiger partial charge in [0, 0.05) is 23.2 Å². The monoisotopic (exact) mass is 344 g/mol. The Morgan fingerprint density at radius 3 is 2.79 bits per heavy atom. The molecule has 1 atom stereocenters. The van der Waals surface area contributed by atoms with Gasteiger partial charge in [0.2, 0.25) is 5.91 Å². The number of thiazole rings is 1. The van der Waals surface area contributed by atoms with Crippen LogP contribution in [0.15, 0.2) is 29.6 Å². The Hall–Kier alpha value is -2.41. The van der Waals surface area contributed by atoms with Crippen molar-refractivity contribution in [1.29, 1.82) is 0 Å². The van der Waals surface area contributed by atoms with Crippen LogP contribution in [0.3, 0.4) is 0 Å². The van der Waals surface area contributed by atoms with E-state index in [0.717, 1.165) is 29.1 Å². The Kier molecular flexibility index (Phi) is 5.10. The average Bonchev–Trinajstić information content (AvgIpc) is 2.90. The minimum absolute atomic E-state index is 0.114. The van der Waals surface area contributed by atoms with Gasteiger partial charge in [-0.2, -0.15) is 0 Å². The summed E-state index contributed by atoms with van der Waals surface area (Å²) in [6, 6.07) is 6.66. The molecular weight excluding hydrogens is 324 g/mol. The van der Waals surface area contributed by atoms with E-state index in [1.54, 1.807) is 11.3 Å². The Labute approximate surface area is 144 Å². The summed E-state index contributed by atoms with van der Waals surface area (Å²) in [5.74, 6) is -0.114. The van der Waals surface area contributed by atoms with Crippen molar-refractivity contribution in [2.24, 2.45) is 0 Å². The van der Waals surface area contributed by atoms with E-state index in [1.165, 1.54) is 0 Å². The molecule has 1 saturated heterocycles. The molecule has 24 heavy (non-hydrogen) atoms. The summed E-state index contributed by atoms with van der Waals surface area (Å²) in [6.45, 7) is 2.65. The molecule has 3 N–H and O–H groups in total. The lowest BCUT2D eigenvalue weighted by molar-refractivity contribution is -0.122. The van der Waals surface area contributed by atoms with E-state index in [1.807, 2.05) is 36.6 Å². The van der Waals surface area contributed by atoms with Crippen molar-refractivity contribution in [1.82, 2.24) is 15.6 Å². The number of nitrogens with zero attached hydrogens (tertiary/aromatic N) is 1. The number of benzene rings is 1. The lowest BCUT2D eigenvalue weighted by Gasteiger charge is -2.15. The van der Waals surface area contributed by atoms with Gasteiger partial charge in [0.05, 0.1) is 10.7 Å².